The highest BCUT2D eigenvalue weighted by atomic mass is 35.5. The fourth-order valence-corrected chi connectivity index (χ4v) is 3.92. The maximum atomic E-state index is 13.2. The van der Waals surface area contributed by atoms with Gasteiger partial charge in [-0.2, -0.15) is 9.78 Å². The van der Waals surface area contributed by atoms with Crippen LogP contribution >= 0.6 is 23.2 Å². The molecular formula is C23H14Cl2FN3O. The Kier molecular flexibility index (Phi) is 4.77. The Labute approximate surface area is 181 Å². The smallest absolute Gasteiger partial charge is 0.226 e. The fourth-order valence-electron chi connectivity index (χ4n) is 3.36. The molecule has 2 aromatic heterocycles. The van der Waals surface area contributed by atoms with E-state index >= 15 is 0 Å². The number of para-hydroxylation sites is 2. The Bertz CT molecular complexity index is 1360. The van der Waals surface area contributed by atoms with E-state index in [9.17, 15) is 4.39 Å². The zero-order chi connectivity index (χ0) is 20.7. The first-order chi connectivity index (χ1) is 14.6. The van der Waals surface area contributed by atoms with Crippen LogP contribution < -0.4 is 4.74 Å². The predicted octanol–water partition coefficient (Wildman–Crippen LogP) is 6.60. The van der Waals surface area contributed by atoms with Crippen LogP contribution in [-0.4, -0.2) is 14.8 Å². The second-order valence-corrected chi connectivity index (χ2v) is 7.55. The number of fused-ring (bicyclic) bond motifs is 3. The molecule has 0 radical (unpaired) electrons. The summed E-state index contributed by atoms with van der Waals surface area (Å²) < 4.78 is 21.0. The number of pyridine rings is 1. The molecule has 0 bridgehead atoms. The Morgan fingerprint density at radius 3 is 2.37 bits per heavy atom. The molecule has 0 aliphatic carbocycles. The third kappa shape index (κ3) is 3.26. The van der Waals surface area contributed by atoms with Crippen molar-refractivity contribution >= 4 is 45.0 Å². The van der Waals surface area contributed by atoms with E-state index in [0.29, 0.717) is 21.6 Å². The Hall–Kier alpha value is -3.15. The molecule has 5 rings (SSSR count). The molecule has 2 heterocycles. The summed E-state index contributed by atoms with van der Waals surface area (Å²) in [7, 11) is 0. The summed E-state index contributed by atoms with van der Waals surface area (Å²) in [6, 6.07) is 19.1. The number of ether oxygens (including phenoxy) is 1. The number of benzene rings is 3. The summed E-state index contributed by atoms with van der Waals surface area (Å²) in [5.74, 6) is 0.162. The van der Waals surface area contributed by atoms with Gasteiger partial charge in [0, 0.05) is 11.6 Å². The van der Waals surface area contributed by atoms with Crippen LogP contribution in [0.3, 0.4) is 0 Å². The SMILES string of the molecule is Fc1ccc(COc2c3cnc4ccccc4c3nn2-c2c(Cl)cccc2Cl)cc1. The van der Waals surface area contributed by atoms with Gasteiger partial charge in [-0.1, -0.05) is 59.6 Å². The van der Waals surface area contributed by atoms with E-state index in [1.807, 2.05) is 24.3 Å². The standard InChI is InChI=1S/C23H14Cl2FN3O/c24-18-5-3-6-19(25)22(18)29-23(30-13-14-8-10-15(26)11-9-14)17-12-27-20-7-2-1-4-16(20)21(17)28-29/h1-12H,13H2. The minimum absolute atomic E-state index is 0.218. The Morgan fingerprint density at radius 1 is 0.867 bits per heavy atom. The monoisotopic (exact) mass is 437 g/mol. The zero-order valence-electron chi connectivity index (χ0n) is 15.5. The first-order valence-corrected chi connectivity index (χ1v) is 9.95. The summed E-state index contributed by atoms with van der Waals surface area (Å²) in [5, 5.41) is 7.29. The largest absolute Gasteiger partial charge is 0.472 e. The minimum Gasteiger partial charge on any atom is -0.472 e. The lowest BCUT2D eigenvalue weighted by Gasteiger charge is -2.12. The van der Waals surface area contributed by atoms with Crippen molar-refractivity contribution in [2.75, 3.05) is 0 Å². The molecule has 30 heavy (non-hydrogen) atoms. The van der Waals surface area contributed by atoms with Gasteiger partial charge in [-0.3, -0.25) is 4.98 Å². The minimum atomic E-state index is -0.298. The van der Waals surface area contributed by atoms with Gasteiger partial charge in [0.2, 0.25) is 5.88 Å². The van der Waals surface area contributed by atoms with Gasteiger partial charge < -0.3 is 4.74 Å². The van der Waals surface area contributed by atoms with Gasteiger partial charge in [0.15, 0.2) is 0 Å². The van der Waals surface area contributed by atoms with E-state index in [1.54, 1.807) is 41.2 Å². The van der Waals surface area contributed by atoms with Crippen molar-refractivity contribution < 1.29 is 9.13 Å². The van der Waals surface area contributed by atoms with Crippen molar-refractivity contribution in [3.63, 3.8) is 0 Å². The molecular weight excluding hydrogens is 424 g/mol. The van der Waals surface area contributed by atoms with Gasteiger partial charge in [-0.25, -0.2) is 4.39 Å². The lowest BCUT2D eigenvalue weighted by molar-refractivity contribution is 0.288. The lowest BCUT2D eigenvalue weighted by Crippen LogP contribution is -2.04. The average molecular weight is 438 g/mol. The summed E-state index contributed by atoms with van der Waals surface area (Å²) in [6.07, 6.45) is 1.73. The van der Waals surface area contributed by atoms with Crippen LogP contribution in [0.15, 0.2) is 72.9 Å². The molecule has 0 aliphatic rings. The van der Waals surface area contributed by atoms with Crippen LogP contribution in [-0.2, 0) is 6.61 Å². The molecule has 4 nitrogen and oxygen atoms in total. The summed E-state index contributed by atoms with van der Waals surface area (Å²) in [4.78, 5) is 4.54. The van der Waals surface area contributed by atoms with Crippen LogP contribution in [0, 0.1) is 5.82 Å². The number of hydrogen-bond donors (Lipinski definition) is 0. The van der Waals surface area contributed by atoms with Crippen molar-refractivity contribution in [2.24, 2.45) is 0 Å². The predicted molar refractivity (Wildman–Crippen MR) is 117 cm³/mol. The fraction of sp³-hybridized carbons (Fsp3) is 0.0435. The van der Waals surface area contributed by atoms with E-state index in [1.165, 1.54) is 12.1 Å². The van der Waals surface area contributed by atoms with Crippen molar-refractivity contribution in [3.8, 4) is 11.6 Å². The number of rotatable bonds is 4. The van der Waals surface area contributed by atoms with Crippen molar-refractivity contribution in [2.45, 2.75) is 6.61 Å². The van der Waals surface area contributed by atoms with E-state index in [-0.39, 0.29) is 12.4 Å². The maximum Gasteiger partial charge on any atom is 0.226 e. The number of aromatic nitrogens is 3. The van der Waals surface area contributed by atoms with Crippen molar-refractivity contribution in [1.29, 1.82) is 0 Å². The van der Waals surface area contributed by atoms with Gasteiger partial charge >= 0.3 is 0 Å². The van der Waals surface area contributed by atoms with Crippen LogP contribution in [0.1, 0.15) is 5.56 Å². The van der Waals surface area contributed by atoms with Crippen LogP contribution in [0.4, 0.5) is 4.39 Å². The van der Waals surface area contributed by atoms with E-state index in [2.05, 4.69) is 4.98 Å². The van der Waals surface area contributed by atoms with E-state index < -0.39 is 0 Å². The highest BCUT2D eigenvalue weighted by Crippen LogP contribution is 2.37. The third-order valence-corrected chi connectivity index (χ3v) is 5.42. The molecule has 0 amide bonds. The molecule has 3 aromatic carbocycles. The molecule has 5 aromatic rings. The van der Waals surface area contributed by atoms with Crippen LogP contribution in [0.25, 0.3) is 27.5 Å². The quantitative estimate of drug-likeness (QED) is 0.318. The summed E-state index contributed by atoms with van der Waals surface area (Å²) >= 11 is 12.9. The molecule has 0 saturated heterocycles. The normalized spacial score (nSPS) is 11.3. The number of nitrogens with zero attached hydrogens (tertiary/aromatic N) is 3. The molecule has 0 spiro atoms. The first-order valence-electron chi connectivity index (χ1n) is 9.20. The summed E-state index contributed by atoms with van der Waals surface area (Å²) in [6.45, 7) is 0.218. The van der Waals surface area contributed by atoms with Gasteiger partial charge in [-0.05, 0) is 35.9 Å². The third-order valence-electron chi connectivity index (χ3n) is 4.81. The van der Waals surface area contributed by atoms with Crippen LogP contribution in [0.5, 0.6) is 5.88 Å². The van der Waals surface area contributed by atoms with Crippen LogP contribution in [0.2, 0.25) is 10.0 Å². The van der Waals surface area contributed by atoms with Crippen molar-refractivity contribution in [1.82, 2.24) is 14.8 Å². The molecule has 0 unspecified atom stereocenters. The second kappa shape index (κ2) is 7.59. The van der Waals surface area contributed by atoms with Gasteiger partial charge in [-0.15, -0.1) is 0 Å². The maximum absolute atomic E-state index is 13.2. The highest BCUT2D eigenvalue weighted by Gasteiger charge is 2.20. The first kappa shape index (κ1) is 18.9. The van der Waals surface area contributed by atoms with E-state index in [4.69, 9.17) is 33.0 Å². The Balaban J connectivity index is 1.71. The summed E-state index contributed by atoms with van der Waals surface area (Å²) in [5.41, 5.74) is 2.89. The molecule has 0 fully saturated rings. The molecule has 0 saturated carbocycles. The topological polar surface area (TPSA) is 39.9 Å². The van der Waals surface area contributed by atoms with Gasteiger partial charge in [0.25, 0.3) is 0 Å². The van der Waals surface area contributed by atoms with E-state index in [0.717, 1.165) is 27.4 Å². The number of hydrogen-bond acceptors (Lipinski definition) is 3. The molecule has 0 N–H and O–H groups in total. The molecule has 7 heteroatoms. The average Bonchev–Trinajstić information content (AvgIpc) is 3.12. The highest BCUT2D eigenvalue weighted by molar-refractivity contribution is 6.37. The number of halogens is 3. The van der Waals surface area contributed by atoms with Crippen molar-refractivity contribution in [3.05, 3.63) is 94.4 Å². The second-order valence-electron chi connectivity index (χ2n) is 6.74. The van der Waals surface area contributed by atoms with Gasteiger partial charge in [0.05, 0.1) is 20.9 Å². The Morgan fingerprint density at radius 2 is 1.60 bits per heavy atom. The molecule has 0 aliphatic heterocycles. The molecule has 148 valence electrons. The zero-order valence-corrected chi connectivity index (χ0v) is 17.0. The molecule has 0 atom stereocenters. The lowest BCUT2D eigenvalue weighted by atomic mass is 10.2. The van der Waals surface area contributed by atoms with Gasteiger partial charge in [0.1, 0.15) is 23.6 Å².